The average Bonchev–Trinajstić information content (AvgIpc) is 3.30. The Labute approximate surface area is 143 Å². The van der Waals surface area contributed by atoms with E-state index >= 15 is 0 Å². The highest BCUT2D eigenvalue weighted by molar-refractivity contribution is 5.77. The van der Waals surface area contributed by atoms with Crippen LogP contribution >= 0.6 is 0 Å². The molecule has 128 valence electrons. The molecule has 1 saturated carbocycles. The minimum atomic E-state index is 0.130. The van der Waals surface area contributed by atoms with Gasteiger partial charge in [0.15, 0.2) is 0 Å². The minimum Gasteiger partial charge on any atom is -0.361 e. The normalized spacial score (nSPS) is 15.3. The summed E-state index contributed by atoms with van der Waals surface area (Å²) in [5.41, 5.74) is 4.81. The van der Waals surface area contributed by atoms with Gasteiger partial charge in [-0.25, -0.2) is 0 Å². The van der Waals surface area contributed by atoms with Gasteiger partial charge < -0.3 is 9.84 Å². The first kappa shape index (κ1) is 16.7. The lowest BCUT2D eigenvalue weighted by Crippen LogP contribution is -2.27. The first-order valence-electron chi connectivity index (χ1n) is 8.79. The molecule has 1 heterocycles. The molecule has 0 saturated heterocycles. The Morgan fingerprint density at radius 3 is 2.67 bits per heavy atom. The van der Waals surface area contributed by atoms with Crippen LogP contribution in [0.15, 0.2) is 28.8 Å². The minimum absolute atomic E-state index is 0.130. The molecule has 0 aliphatic heterocycles. The highest BCUT2D eigenvalue weighted by Crippen LogP contribution is 2.44. The van der Waals surface area contributed by atoms with E-state index in [4.69, 9.17) is 4.52 Å². The Balaban J connectivity index is 1.55. The van der Waals surface area contributed by atoms with Gasteiger partial charge in [-0.15, -0.1) is 0 Å². The molecule has 1 N–H and O–H groups in total. The summed E-state index contributed by atoms with van der Waals surface area (Å²) in [6.45, 7) is 6.75. The van der Waals surface area contributed by atoms with Crippen LogP contribution in [0.25, 0.3) is 0 Å². The van der Waals surface area contributed by atoms with E-state index in [2.05, 4.69) is 42.5 Å². The molecule has 1 fully saturated rings. The van der Waals surface area contributed by atoms with Gasteiger partial charge in [-0.05, 0) is 62.1 Å². The van der Waals surface area contributed by atoms with Crippen LogP contribution in [0.5, 0.6) is 0 Å². The molecule has 2 aromatic rings. The Morgan fingerprint density at radius 2 is 2.04 bits per heavy atom. The van der Waals surface area contributed by atoms with Gasteiger partial charge in [0, 0.05) is 25.5 Å². The van der Waals surface area contributed by atoms with Crippen LogP contribution < -0.4 is 5.32 Å². The number of rotatable bonds is 7. The molecule has 1 aromatic heterocycles. The van der Waals surface area contributed by atoms with Crippen LogP contribution in [0.3, 0.4) is 0 Å². The van der Waals surface area contributed by atoms with Gasteiger partial charge in [-0.1, -0.05) is 23.4 Å². The van der Waals surface area contributed by atoms with Crippen LogP contribution in [0, 0.1) is 26.7 Å². The maximum absolute atomic E-state index is 12.4. The van der Waals surface area contributed by atoms with Crippen LogP contribution in [-0.2, 0) is 11.2 Å². The van der Waals surface area contributed by atoms with Crippen molar-refractivity contribution in [2.24, 2.45) is 5.92 Å². The summed E-state index contributed by atoms with van der Waals surface area (Å²) in [4.78, 5) is 12.4. The predicted molar refractivity (Wildman–Crippen MR) is 94.0 cm³/mol. The number of amides is 1. The third-order valence-corrected chi connectivity index (χ3v) is 4.94. The fraction of sp³-hybridized carbons (Fsp3) is 0.500. The standard InChI is InChI=1S/C20H26N2O2/c1-13-4-5-17(10-14(13)2)19(16-6-7-16)12-20(23)21-9-8-18-11-15(3)24-22-18/h4-5,10-11,16,19H,6-9,12H2,1-3H3,(H,21,23). The molecule has 24 heavy (non-hydrogen) atoms. The van der Waals surface area contributed by atoms with Crippen molar-refractivity contribution in [1.82, 2.24) is 10.5 Å². The Bertz CT molecular complexity index is 716. The Morgan fingerprint density at radius 1 is 1.25 bits per heavy atom. The summed E-state index contributed by atoms with van der Waals surface area (Å²) in [6.07, 6.45) is 3.76. The molecular weight excluding hydrogens is 300 g/mol. The molecule has 3 rings (SSSR count). The number of carbonyl (C=O) groups is 1. The first-order chi connectivity index (χ1) is 11.5. The lowest BCUT2D eigenvalue weighted by atomic mass is 9.89. The Kier molecular flexibility index (Phi) is 5.03. The molecular formula is C20H26N2O2. The third-order valence-electron chi connectivity index (χ3n) is 4.94. The molecule has 0 bridgehead atoms. The van der Waals surface area contributed by atoms with Gasteiger partial charge in [0.2, 0.25) is 5.91 Å². The summed E-state index contributed by atoms with van der Waals surface area (Å²) < 4.78 is 5.04. The van der Waals surface area contributed by atoms with Crippen LogP contribution in [-0.4, -0.2) is 17.6 Å². The number of aryl methyl sites for hydroxylation is 3. The van der Waals surface area contributed by atoms with E-state index in [0.717, 1.165) is 11.5 Å². The van der Waals surface area contributed by atoms with Crippen molar-refractivity contribution in [1.29, 1.82) is 0 Å². The third kappa shape index (κ3) is 4.25. The number of aromatic nitrogens is 1. The van der Waals surface area contributed by atoms with Crippen molar-refractivity contribution in [2.45, 2.75) is 52.4 Å². The smallest absolute Gasteiger partial charge is 0.220 e. The lowest BCUT2D eigenvalue weighted by Gasteiger charge is -2.18. The van der Waals surface area contributed by atoms with E-state index in [1.165, 1.54) is 29.5 Å². The van der Waals surface area contributed by atoms with Crippen molar-refractivity contribution in [3.63, 3.8) is 0 Å². The van der Waals surface area contributed by atoms with E-state index in [-0.39, 0.29) is 5.91 Å². The quantitative estimate of drug-likeness (QED) is 0.841. The second-order valence-corrected chi connectivity index (χ2v) is 7.02. The maximum Gasteiger partial charge on any atom is 0.220 e. The topological polar surface area (TPSA) is 55.1 Å². The zero-order chi connectivity index (χ0) is 17.1. The number of nitrogens with zero attached hydrogens (tertiary/aromatic N) is 1. The molecule has 1 aliphatic rings. The molecule has 1 aliphatic carbocycles. The summed E-state index contributed by atoms with van der Waals surface area (Å²) in [7, 11) is 0. The van der Waals surface area contributed by atoms with Gasteiger partial charge in [0.25, 0.3) is 0 Å². The summed E-state index contributed by atoms with van der Waals surface area (Å²) >= 11 is 0. The first-order valence-corrected chi connectivity index (χ1v) is 8.79. The predicted octanol–water partition coefficient (Wildman–Crippen LogP) is 3.84. The van der Waals surface area contributed by atoms with Gasteiger partial charge in [0.1, 0.15) is 5.76 Å². The fourth-order valence-corrected chi connectivity index (χ4v) is 3.19. The van der Waals surface area contributed by atoms with E-state index in [1.807, 2.05) is 13.0 Å². The zero-order valence-corrected chi connectivity index (χ0v) is 14.8. The highest BCUT2D eigenvalue weighted by atomic mass is 16.5. The van der Waals surface area contributed by atoms with E-state index in [1.54, 1.807) is 0 Å². The SMILES string of the molecule is Cc1cc(CCNC(=O)CC(c2ccc(C)c(C)c2)C2CC2)no1. The van der Waals surface area contributed by atoms with Gasteiger partial charge >= 0.3 is 0 Å². The summed E-state index contributed by atoms with van der Waals surface area (Å²) in [5, 5.41) is 6.98. The van der Waals surface area contributed by atoms with Gasteiger partial charge in [-0.2, -0.15) is 0 Å². The molecule has 4 nitrogen and oxygen atoms in total. The van der Waals surface area contributed by atoms with Crippen LogP contribution in [0.1, 0.15) is 53.3 Å². The monoisotopic (exact) mass is 326 g/mol. The molecule has 1 aromatic carbocycles. The van der Waals surface area contributed by atoms with Gasteiger partial charge in [0.05, 0.1) is 5.69 Å². The van der Waals surface area contributed by atoms with E-state index < -0.39 is 0 Å². The maximum atomic E-state index is 12.4. The van der Waals surface area contributed by atoms with Crippen molar-refractivity contribution >= 4 is 5.91 Å². The average molecular weight is 326 g/mol. The molecule has 0 spiro atoms. The molecule has 4 heteroatoms. The highest BCUT2D eigenvalue weighted by Gasteiger charge is 2.33. The van der Waals surface area contributed by atoms with Gasteiger partial charge in [-0.3, -0.25) is 4.79 Å². The fourth-order valence-electron chi connectivity index (χ4n) is 3.19. The number of hydrogen-bond donors (Lipinski definition) is 1. The Hall–Kier alpha value is -2.10. The van der Waals surface area contributed by atoms with E-state index in [0.29, 0.717) is 31.2 Å². The van der Waals surface area contributed by atoms with Crippen molar-refractivity contribution in [2.75, 3.05) is 6.54 Å². The van der Waals surface area contributed by atoms with Crippen molar-refractivity contribution in [3.05, 3.63) is 52.4 Å². The molecule has 1 amide bonds. The van der Waals surface area contributed by atoms with Crippen LogP contribution in [0.2, 0.25) is 0 Å². The second-order valence-electron chi connectivity index (χ2n) is 7.02. The molecule has 1 atom stereocenters. The van der Waals surface area contributed by atoms with Crippen LogP contribution in [0.4, 0.5) is 0 Å². The van der Waals surface area contributed by atoms with Crippen molar-refractivity contribution < 1.29 is 9.32 Å². The summed E-state index contributed by atoms with van der Waals surface area (Å²) in [6, 6.07) is 8.53. The largest absolute Gasteiger partial charge is 0.361 e. The van der Waals surface area contributed by atoms with Crippen molar-refractivity contribution in [3.8, 4) is 0 Å². The number of nitrogens with one attached hydrogen (secondary N) is 1. The number of benzene rings is 1. The molecule has 0 radical (unpaired) electrons. The number of carbonyl (C=O) groups excluding carboxylic acids is 1. The number of hydrogen-bond acceptors (Lipinski definition) is 3. The summed E-state index contributed by atoms with van der Waals surface area (Å²) in [5.74, 6) is 1.94. The lowest BCUT2D eigenvalue weighted by molar-refractivity contribution is -0.121. The second kappa shape index (κ2) is 7.20. The van der Waals surface area contributed by atoms with E-state index in [9.17, 15) is 4.79 Å². The zero-order valence-electron chi connectivity index (χ0n) is 14.8. The molecule has 1 unspecified atom stereocenters.